The number of nitrogens with two attached hydrogens (primary N) is 1. The van der Waals surface area contributed by atoms with Crippen LogP contribution in [0.5, 0.6) is 0 Å². The summed E-state index contributed by atoms with van der Waals surface area (Å²) in [4.78, 5) is 11.0. The maximum Gasteiger partial charge on any atom is 0.249 e. The summed E-state index contributed by atoms with van der Waals surface area (Å²) in [5.74, 6) is -0.343. The molecule has 2 nitrogen and oxygen atoms in total. The number of fused-ring (bicyclic) bond motifs is 1. The minimum Gasteiger partial charge on any atom is -0.366 e. The van der Waals surface area contributed by atoms with Crippen LogP contribution in [0.25, 0.3) is 0 Å². The van der Waals surface area contributed by atoms with Crippen LogP contribution in [0.15, 0.2) is 46.9 Å². The minimum atomic E-state index is -0.343. The van der Waals surface area contributed by atoms with E-state index in [2.05, 4.69) is 6.08 Å². The van der Waals surface area contributed by atoms with Crippen LogP contribution in [-0.4, -0.2) is 11.2 Å². The molecule has 1 amide bonds. The van der Waals surface area contributed by atoms with Gasteiger partial charge in [0.05, 0.1) is 10.8 Å². The van der Waals surface area contributed by atoms with E-state index in [1.54, 1.807) is 11.8 Å². The van der Waals surface area contributed by atoms with Crippen LogP contribution in [0.1, 0.15) is 0 Å². The van der Waals surface area contributed by atoms with Gasteiger partial charge in [0.25, 0.3) is 0 Å². The number of hydrogen-bond acceptors (Lipinski definition) is 2. The Labute approximate surface area is 80.9 Å². The molecule has 0 spiro atoms. The highest BCUT2D eigenvalue weighted by atomic mass is 32.2. The molecule has 0 radical (unpaired) electrons. The summed E-state index contributed by atoms with van der Waals surface area (Å²) in [6, 6.07) is 0. The largest absolute Gasteiger partial charge is 0.366 e. The molecule has 13 heavy (non-hydrogen) atoms. The molecule has 0 aromatic rings. The van der Waals surface area contributed by atoms with Crippen LogP contribution < -0.4 is 5.73 Å². The highest BCUT2D eigenvalue weighted by Crippen LogP contribution is 2.36. The number of thioether (sulfide) groups is 1. The molecule has 0 saturated heterocycles. The van der Waals surface area contributed by atoms with Crippen LogP contribution in [0.3, 0.4) is 0 Å². The second kappa shape index (κ2) is 3.26. The highest BCUT2D eigenvalue weighted by molar-refractivity contribution is 8.03. The predicted octanol–water partition coefficient (Wildman–Crippen LogP) is 1.52. The molecule has 2 rings (SSSR count). The molecule has 2 N–H and O–H groups in total. The average molecular weight is 191 g/mol. The van der Waals surface area contributed by atoms with E-state index >= 15 is 0 Å². The summed E-state index contributed by atoms with van der Waals surface area (Å²) in [6.45, 7) is 0. The van der Waals surface area contributed by atoms with Crippen molar-refractivity contribution in [3.05, 3.63) is 46.9 Å². The van der Waals surface area contributed by atoms with Gasteiger partial charge in [-0.05, 0) is 11.0 Å². The summed E-state index contributed by atoms with van der Waals surface area (Å²) in [5.41, 5.74) is 6.91. The Balaban J connectivity index is 2.37. The molecule has 0 aromatic heterocycles. The molecule has 1 atom stereocenters. The van der Waals surface area contributed by atoms with Crippen LogP contribution in [0.4, 0.5) is 0 Å². The summed E-state index contributed by atoms with van der Waals surface area (Å²) < 4.78 is 0. The Morgan fingerprint density at radius 3 is 3.00 bits per heavy atom. The van der Waals surface area contributed by atoms with Gasteiger partial charge in [0.1, 0.15) is 0 Å². The van der Waals surface area contributed by atoms with Gasteiger partial charge in [0.2, 0.25) is 5.91 Å². The highest BCUT2D eigenvalue weighted by Gasteiger charge is 2.24. The quantitative estimate of drug-likeness (QED) is 0.683. The van der Waals surface area contributed by atoms with E-state index in [0.717, 1.165) is 5.57 Å². The number of primary amides is 1. The van der Waals surface area contributed by atoms with Crippen molar-refractivity contribution in [1.82, 2.24) is 0 Å². The number of carbonyl (C=O) groups excluding carboxylic acids is 1. The van der Waals surface area contributed by atoms with Crippen LogP contribution in [-0.2, 0) is 4.79 Å². The lowest BCUT2D eigenvalue weighted by Gasteiger charge is -2.05. The second-order valence-electron chi connectivity index (χ2n) is 2.84. The Bertz CT molecular complexity index is 363. The van der Waals surface area contributed by atoms with E-state index in [0.29, 0.717) is 5.57 Å². The first-order valence-electron chi connectivity index (χ1n) is 4.00. The first-order valence-corrected chi connectivity index (χ1v) is 4.94. The molecule has 1 aliphatic heterocycles. The van der Waals surface area contributed by atoms with Gasteiger partial charge >= 0.3 is 0 Å². The smallest absolute Gasteiger partial charge is 0.249 e. The van der Waals surface area contributed by atoms with Crippen LogP contribution >= 0.6 is 11.8 Å². The van der Waals surface area contributed by atoms with Gasteiger partial charge in [-0.1, -0.05) is 30.4 Å². The fourth-order valence-corrected chi connectivity index (χ4v) is 2.43. The average Bonchev–Trinajstić information content (AvgIpc) is 2.36. The van der Waals surface area contributed by atoms with Gasteiger partial charge in [0, 0.05) is 0 Å². The van der Waals surface area contributed by atoms with Crippen molar-refractivity contribution in [2.75, 3.05) is 0 Å². The van der Waals surface area contributed by atoms with Crippen molar-refractivity contribution in [3.63, 3.8) is 0 Å². The maximum atomic E-state index is 11.0. The topological polar surface area (TPSA) is 43.1 Å². The van der Waals surface area contributed by atoms with Crippen molar-refractivity contribution in [1.29, 1.82) is 0 Å². The molecule has 0 saturated carbocycles. The molecule has 66 valence electrons. The Morgan fingerprint density at radius 1 is 1.38 bits per heavy atom. The summed E-state index contributed by atoms with van der Waals surface area (Å²) in [7, 11) is 0. The van der Waals surface area contributed by atoms with Gasteiger partial charge in [-0.3, -0.25) is 4.79 Å². The molecule has 0 aromatic carbocycles. The minimum absolute atomic E-state index is 0.262. The number of hydrogen-bond donors (Lipinski definition) is 1. The Hall–Kier alpha value is -1.22. The fourth-order valence-electron chi connectivity index (χ4n) is 1.36. The SMILES string of the molecule is NC(=O)C1=CSC2C=CC=CC=C12. The molecule has 1 unspecified atom stereocenters. The molecule has 2 aliphatic rings. The number of amides is 1. The first kappa shape index (κ1) is 8.38. The number of carbonyl (C=O) groups is 1. The van der Waals surface area contributed by atoms with Gasteiger partial charge in [-0.15, -0.1) is 11.8 Å². The zero-order chi connectivity index (χ0) is 9.26. The number of rotatable bonds is 1. The molecular weight excluding hydrogens is 182 g/mol. The molecule has 3 heteroatoms. The van der Waals surface area contributed by atoms with Gasteiger partial charge in [-0.2, -0.15) is 0 Å². The first-order chi connectivity index (χ1) is 6.29. The fraction of sp³-hybridized carbons (Fsp3) is 0.100. The zero-order valence-electron chi connectivity index (χ0n) is 6.94. The maximum absolute atomic E-state index is 11.0. The molecule has 0 bridgehead atoms. The lowest BCUT2D eigenvalue weighted by Crippen LogP contribution is -2.15. The van der Waals surface area contributed by atoms with Crippen molar-refractivity contribution < 1.29 is 4.79 Å². The second-order valence-corrected chi connectivity index (χ2v) is 3.86. The van der Waals surface area contributed by atoms with E-state index in [-0.39, 0.29) is 11.2 Å². The van der Waals surface area contributed by atoms with Gasteiger partial charge in [0.15, 0.2) is 0 Å². The lowest BCUT2D eigenvalue weighted by atomic mass is 10.0. The summed E-state index contributed by atoms with van der Waals surface area (Å²) in [6.07, 6.45) is 9.87. The third kappa shape index (κ3) is 1.47. The van der Waals surface area contributed by atoms with Gasteiger partial charge < -0.3 is 5.73 Å². The third-order valence-electron chi connectivity index (χ3n) is 2.00. The molecular formula is C10H9NOS. The van der Waals surface area contributed by atoms with Crippen molar-refractivity contribution >= 4 is 17.7 Å². The van der Waals surface area contributed by atoms with Crippen LogP contribution in [0.2, 0.25) is 0 Å². The van der Waals surface area contributed by atoms with E-state index < -0.39 is 0 Å². The molecule has 1 aliphatic carbocycles. The van der Waals surface area contributed by atoms with Gasteiger partial charge in [-0.25, -0.2) is 0 Å². The van der Waals surface area contributed by atoms with Crippen LogP contribution in [0, 0.1) is 0 Å². The third-order valence-corrected chi connectivity index (χ3v) is 3.08. The van der Waals surface area contributed by atoms with Crippen molar-refractivity contribution in [2.24, 2.45) is 5.73 Å². The van der Waals surface area contributed by atoms with E-state index in [1.807, 2.05) is 29.7 Å². The zero-order valence-corrected chi connectivity index (χ0v) is 7.75. The molecule has 0 fully saturated rings. The van der Waals surface area contributed by atoms with E-state index in [9.17, 15) is 4.79 Å². The van der Waals surface area contributed by atoms with E-state index in [1.165, 1.54) is 0 Å². The Kier molecular flexibility index (Phi) is 2.10. The standard InChI is InChI=1S/C10H9NOS/c11-10(12)8-6-13-9-5-3-1-2-4-7(8)9/h1-6,9H,(H2,11,12). The number of allylic oxidation sites excluding steroid dienone is 4. The summed E-state index contributed by atoms with van der Waals surface area (Å²) in [5, 5.41) is 2.10. The Morgan fingerprint density at radius 2 is 2.23 bits per heavy atom. The van der Waals surface area contributed by atoms with E-state index in [4.69, 9.17) is 5.73 Å². The monoisotopic (exact) mass is 191 g/mol. The predicted molar refractivity (Wildman–Crippen MR) is 55.0 cm³/mol. The van der Waals surface area contributed by atoms with Crippen molar-refractivity contribution in [3.8, 4) is 0 Å². The van der Waals surface area contributed by atoms with Crippen molar-refractivity contribution in [2.45, 2.75) is 5.25 Å². The summed E-state index contributed by atoms with van der Waals surface area (Å²) >= 11 is 1.62. The lowest BCUT2D eigenvalue weighted by molar-refractivity contribution is -0.114. The molecule has 1 heterocycles. The normalized spacial score (nSPS) is 24.8.